The van der Waals surface area contributed by atoms with Gasteiger partial charge in [0.15, 0.2) is 0 Å². The van der Waals surface area contributed by atoms with Gasteiger partial charge < -0.3 is 20.5 Å². The van der Waals surface area contributed by atoms with E-state index in [9.17, 15) is 9.90 Å². The Balaban J connectivity index is 2.24. The van der Waals surface area contributed by atoms with E-state index in [1.165, 1.54) is 30.4 Å². The van der Waals surface area contributed by atoms with Gasteiger partial charge >= 0.3 is 0 Å². The average molecular weight is 370 g/mol. The Hall–Kier alpha value is -1.44. The Kier molecular flexibility index (Phi) is 11.1. The second-order valence-electron chi connectivity index (χ2n) is 6.18. The summed E-state index contributed by atoms with van der Waals surface area (Å²) in [5.74, 6) is -0.142. The van der Waals surface area contributed by atoms with Gasteiger partial charge in [0.05, 0.1) is 6.20 Å². The van der Waals surface area contributed by atoms with Gasteiger partial charge in [-0.3, -0.25) is 4.79 Å². The summed E-state index contributed by atoms with van der Waals surface area (Å²) in [6, 6.07) is 0.311. The molecule has 6 nitrogen and oxygen atoms in total. The van der Waals surface area contributed by atoms with Crippen LogP contribution in [0.2, 0.25) is 0 Å². The van der Waals surface area contributed by atoms with Crippen LogP contribution in [0.25, 0.3) is 0 Å². The SMILES string of the molecule is CCCC/C=C/CCNC(=O)c1cnc(OCC(O)CNC(C)C)s1. The summed E-state index contributed by atoms with van der Waals surface area (Å²) in [5, 5.41) is 16.2. The zero-order valence-corrected chi connectivity index (χ0v) is 16.3. The van der Waals surface area contributed by atoms with Gasteiger partial charge in [0.1, 0.15) is 17.6 Å². The Morgan fingerprint density at radius 1 is 1.40 bits per heavy atom. The summed E-state index contributed by atoms with van der Waals surface area (Å²) in [6.07, 6.45) is 9.48. The topological polar surface area (TPSA) is 83.5 Å². The number of allylic oxidation sites excluding steroid dienone is 1. The number of carbonyl (C=O) groups is 1. The fourth-order valence-corrected chi connectivity index (χ4v) is 2.63. The van der Waals surface area contributed by atoms with Gasteiger partial charge in [-0.1, -0.05) is 57.1 Å². The molecule has 1 rings (SSSR count). The van der Waals surface area contributed by atoms with Crippen LogP contribution in [0.5, 0.6) is 5.19 Å². The molecule has 3 N–H and O–H groups in total. The molecule has 0 bridgehead atoms. The van der Waals surface area contributed by atoms with Gasteiger partial charge in [0.2, 0.25) is 0 Å². The van der Waals surface area contributed by atoms with Crippen LogP contribution in [-0.2, 0) is 0 Å². The fourth-order valence-electron chi connectivity index (χ4n) is 1.94. The number of aromatic nitrogens is 1. The van der Waals surface area contributed by atoms with Gasteiger partial charge in [0, 0.05) is 19.1 Å². The molecule has 0 saturated carbocycles. The first-order valence-electron chi connectivity index (χ1n) is 8.96. The predicted molar refractivity (Wildman–Crippen MR) is 102 cm³/mol. The molecule has 0 saturated heterocycles. The molecule has 1 atom stereocenters. The molecule has 1 heterocycles. The van der Waals surface area contributed by atoms with E-state index < -0.39 is 6.10 Å². The lowest BCUT2D eigenvalue weighted by Crippen LogP contribution is -2.35. The third-order valence-corrected chi connectivity index (χ3v) is 4.27. The maximum absolute atomic E-state index is 12.0. The lowest BCUT2D eigenvalue weighted by molar-refractivity contribution is 0.0958. The van der Waals surface area contributed by atoms with Crippen molar-refractivity contribution in [3.8, 4) is 5.19 Å². The van der Waals surface area contributed by atoms with E-state index in [4.69, 9.17) is 4.74 Å². The molecule has 0 aromatic carbocycles. The number of aliphatic hydroxyl groups is 1. The van der Waals surface area contributed by atoms with E-state index in [0.717, 1.165) is 12.8 Å². The van der Waals surface area contributed by atoms with E-state index in [1.807, 2.05) is 13.8 Å². The molecular weight excluding hydrogens is 338 g/mol. The Bertz CT molecular complexity index is 517. The van der Waals surface area contributed by atoms with Crippen molar-refractivity contribution in [1.29, 1.82) is 0 Å². The third kappa shape index (κ3) is 10.2. The number of rotatable bonds is 13. The van der Waals surface area contributed by atoms with Crippen molar-refractivity contribution >= 4 is 17.2 Å². The Morgan fingerprint density at radius 3 is 2.88 bits per heavy atom. The molecule has 0 spiro atoms. The molecule has 142 valence electrons. The quantitative estimate of drug-likeness (QED) is 0.368. The minimum absolute atomic E-state index is 0.142. The molecule has 1 amide bonds. The predicted octanol–water partition coefficient (Wildman–Crippen LogP) is 2.75. The molecule has 0 radical (unpaired) electrons. The summed E-state index contributed by atoms with van der Waals surface area (Å²) in [6.45, 7) is 7.42. The molecule has 0 aliphatic heterocycles. The third-order valence-electron chi connectivity index (χ3n) is 3.36. The van der Waals surface area contributed by atoms with Crippen molar-refractivity contribution in [2.75, 3.05) is 19.7 Å². The van der Waals surface area contributed by atoms with Gasteiger partial charge in [-0.05, 0) is 12.8 Å². The number of amides is 1. The largest absolute Gasteiger partial charge is 0.467 e. The van der Waals surface area contributed by atoms with Crippen molar-refractivity contribution in [3.63, 3.8) is 0 Å². The van der Waals surface area contributed by atoms with Gasteiger partial charge in [-0.25, -0.2) is 4.98 Å². The number of hydrogen-bond acceptors (Lipinski definition) is 6. The molecule has 0 aliphatic rings. The number of unbranched alkanes of at least 4 members (excludes halogenated alkanes) is 2. The van der Waals surface area contributed by atoms with E-state index in [-0.39, 0.29) is 12.5 Å². The zero-order chi connectivity index (χ0) is 18.5. The number of nitrogens with zero attached hydrogens (tertiary/aromatic N) is 1. The van der Waals surface area contributed by atoms with Crippen molar-refractivity contribution in [2.45, 2.75) is 58.6 Å². The number of hydrogen-bond donors (Lipinski definition) is 3. The second kappa shape index (κ2) is 12.9. The van der Waals surface area contributed by atoms with Crippen LogP contribution >= 0.6 is 11.3 Å². The maximum atomic E-state index is 12.0. The molecule has 0 fully saturated rings. The fraction of sp³-hybridized carbons (Fsp3) is 0.667. The second-order valence-corrected chi connectivity index (χ2v) is 7.17. The van der Waals surface area contributed by atoms with Gasteiger partial charge in [-0.15, -0.1) is 0 Å². The zero-order valence-electron chi connectivity index (χ0n) is 15.5. The summed E-state index contributed by atoms with van der Waals surface area (Å²) in [7, 11) is 0. The maximum Gasteiger partial charge on any atom is 0.273 e. The first-order valence-corrected chi connectivity index (χ1v) is 9.77. The number of thiazole rings is 1. The van der Waals surface area contributed by atoms with Crippen molar-refractivity contribution in [2.24, 2.45) is 0 Å². The van der Waals surface area contributed by atoms with Crippen LogP contribution in [0, 0.1) is 0 Å². The van der Waals surface area contributed by atoms with E-state index in [1.54, 1.807) is 0 Å². The minimum atomic E-state index is -0.608. The highest BCUT2D eigenvalue weighted by Gasteiger charge is 2.12. The molecule has 1 aromatic rings. The van der Waals surface area contributed by atoms with Crippen molar-refractivity contribution in [1.82, 2.24) is 15.6 Å². The van der Waals surface area contributed by atoms with Crippen LogP contribution in [0.4, 0.5) is 0 Å². The van der Waals surface area contributed by atoms with Crippen molar-refractivity contribution in [3.05, 3.63) is 23.2 Å². The molecular formula is C18H31N3O3S. The lowest BCUT2D eigenvalue weighted by atomic mass is 10.2. The van der Waals surface area contributed by atoms with Gasteiger partial charge in [0.25, 0.3) is 11.1 Å². The summed E-state index contributed by atoms with van der Waals surface area (Å²) in [5.41, 5.74) is 0. The normalized spacial score (nSPS) is 12.7. The molecule has 1 unspecified atom stereocenters. The molecule has 0 aliphatic carbocycles. The number of ether oxygens (including phenoxy) is 1. The smallest absolute Gasteiger partial charge is 0.273 e. The number of aliphatic hydroxyl groups excluding tert-OH is 1. The summed E-state index contributed by atoms with van der Waals surface area (Å²) >= 11 is 1.19. The Labute approximate surface area is 154 Å². The lowest BCUT2D eigenvalue weighted by Gasteiger charge is -2.13. The first kappa shape index (κ1) is 21.6. The van der Waals surface area contributed by atoms with Crippen molar-refractivity contribution < 1.29 is 14.6 Å². The summed E-state index contributed by atoms with van der Waals surface area (Å²) < 4.78 is 5.44. The monoisotopic (exact) mass is 369 g/mol. The average Bonchev–Trinajstić information content (AvgIpc) is 3.06. The number of carbonyl (C=O) groups excluding carboxylic acids is 1. The molecule has 1 aromatic heterocycles. The van der Waals surface area contributed by atoms with E-state index in [0.29, 0.717) is 29.2 Å². The molecule has 7 heteroatoms. The Morgan fingerprint density at radius 2 is 2.16 bits per heavy atom. The summed E-state index contributed by atoms with van der Waals surface area (Å²) in [4.78, 5) is 16.6. The highest BCUT2D eigenvalue weighted by atomic mass is 32.1. The van der Waals surface area contributed by atoms with Crippen LogP contribution in [-0.4, -0.2) is 47.8 Å². The van der Waals surface area contributed by atoms with Crippen LogP contribution in [0.15, 0.2) is 18.3 Å². The highest BCUT2D eigenvalue weighted by molar-refractivity contribution is 7.15. The number of nitrogens with one attached hydrogen (secondary N) is 2. The van der Waals surface area contributed by atoms with E-state index in [2.05, 4.69) is 34.7 Å². The van der Waals surface area contributed by atoms with E-state index >= 15 is 0 Å². The minimum Gasteiger partial charge on any atom is -0.467 e. The van der Waals surface area contributed by atoms with Crippen LogP contribution < -0.4 is 15.4 Å². The standard InChI is InChI=1S/C18H31N3O3S/c1-4-5-6-7-8-9-10-19-17(23)16-12-21-18(25-16)24-13-15(22)11-20-14(2)3/h7-8,12,14-15,20,22H,4-6,9-11,13H2,1-3H3,(H,19,23)/b8-7+. The first-order chi connectivity index (χ1) is 12.0. The van der Waals surface area contributed by atoms with Crippen LogP contribution in [0.3, 0.4) is 0 Å². The van der Waals surface area contributed by atoms with Crippen LogP contribution in [0.1, 0.15) is 56.1 Å². The van der Waals surface area contributed by atoms with Gasteiger partial charge in [-0.2, -0.15) is 0 Å². The molecule has 25 heavy (non-hydrogen) atoms. The highest BCUT2D eigenvalue weighted by Crippen LogP contribution is 2.20.